The third-order valence-corrected chi connectivity index (χ3v) is 3.23. The molecule has 1 aliphatic carbocycles. The zero-order chi connectivity index (χ0) is 12.5. The standard InChI is InChI=1S/C13H19NO3/c1-15-8-9-6-10(13(14)4-5-13)12(17-3)7-11(9)16-2/h6-7H,4-5,8,14H2,1-3H3. The number of benzene rings is 1. The van der Waals surface area contributed by atoms with E-state index in [9.17, 15) is 0 Å². The average Bonchev–Trinajstić information content (AvgIpc) is 3.08. The van der Waals surface area contributed by atoms with E-state index in [1.54, 1.807) is 21.3 Å². The van der Waals surface area contributed by atoms with Gasteiger partial charge in [0.1, 0.15) is 11.5 Å². The van der Waals surface area contributed by atoms with Gasteiger partial charge in [0.15, 0.2) is 0 Å². The molecule has 1 saturated carbocycles. The second kappa shape index (κ2) is 4.55. The Kier molecular flexibility index (Phi) is 3.26. The van der Waals surface area contributed by atoms with Crippen molar-refractivity contribution in [2.45, 2.75) is 25.0 Å². The van der Waals surface area contributed by atoms with E-state index >= 15 is 0 Å². The Balaban J connectivity index is 2.46. The summed E-state index contributed by atoms with van der Waals surface area (Å²) in [5, 5.41) is 0. The predicted molar refractivity (Wildman–Crippen MR) is 65.4 cm³/mol. The molecule has 94 valence electrons. The van der Waals surface area contributed by atoms with Crippen LogP contribution < -0.4 is 15.2 Å². The summed E-state index contributed by atoms with van der Waals surface area (Å²) in [6, 6.07) is 3.92. The van der Waals surface area contributed by atoms with Crippen molar-refractivity contribution >= 4 is 0 Å². The van der Waals surface area contributed by atoms with Crippen LogP contribution in [0.25, 0.3) is 0 Å². The molecule has 17 heavy (non-hydrogen) atoms. The second-order valence-corrected chi connectivity index (χ2v) is 4.45. The SMILES string of the molecule is COCc1cc(C2(N)CC2)c(OC)cc1OC. The van der Waals surface area contributed by atoms with Gasteiger partial charge < -0.3 is 19.9 Å². The molecule has 2 N–H and O–H groups in total. The van der Waals surface area contributed by atoms with E-state index in [2.05, 4.69) is 0 Å². The molecule has 1 aromatic rings. The topological polar surface area (TPSA) is 53.7 Å². The van der Waals surface area contributed by atoms with Crippen molar-refractivity contribution in [3.05, 3.63) is 23.3 Å². The summed E-state index contributed by atoms with van der Waals surface area (Å²) >= 11 is 0. The molecule has 0 radical (unpaired) electrons. The normalized spacial score (nSPS) is 16.7. The van der Waals surface area contributed by atoms with E-state index in [-0.39, 0.29) is 5.54 Å². The minimum absolute atomic E-state index is 0.222. The van der Waals surface area contributed by atoms with Crippen LogP contribution in [0.15, 0.2) is 12.1 Å². The molecular weight excluding hydrogens is 218 g/mol. The molecule has 1 aromatic carbocycles. The van der Waals surface area contributed by atoms with E-state index in [0.717, 1.165) is 35.5 Å². The zero-order valence-electron chi connectivity index (χ0n) is 10.6. The fourth-order valence-electron chi connectivity index (χ4n) is 2.03. The molecule has 1 fully saturated rings. The first-order valence-electron chi connectivity index (χ1n) is 5.68. The molecule has 0 aliphatic heterocycles. The van der Waals surface area contributed by atoms with E-state index in [0.29, 0.717) is 6.61 Å². The molecule has 0 aromatic heterocycles. The van der Waals surface area contributed by atoms with Crippen LogP contribution in [0.3, 0.4) is 0 Å². The molecule has 0 spiro atoms. The van der Waals surface area contributed by atoms with Crippen LogP contribution in [0.1, 0.15) is 24.0 Å². The van der Waals surface area contributed by atoms with Gasteiger partial charge in [-0.2, -0.15) is 0 Å². The van der Waals surface area contributed by atoms with Gasteiger partial charge in [0, 0.05) is 29.8 Å². The molecule has 4 heteroatoms. The lowest BCUT2D eigenvalue weighted by molar-refractivity contribution is 0.181. The largest absolute Gasteiger partial charge is 0.496 e. The van der Waals surface area contributed by atoms with Crippen molar-refractivity contribution in [2.75, 3.05) is 21.3 Å². The lowest BCUT2D eigenvalue weighted by atomic mass is 10.0. The fourth-order valence-corrected chi connectivity index (χ4v) is 2.03. The lowest BCUT2D eigenvalue weighted by Gasteiger charge is -2.18. The molecule has 0 unspecified atom stereocenters. The summed E-state index contributed by atoms with van der Waals surface area (Å²) in [5.74, 6) is 1.57. The van der Waals surface area contributed by atoms with Crippen molar-refractivity contribution in [1.29, 1.82) is 0 Å². The van der Waals surface area contributed by atoms with E-state index in [1.165, 1.54) is 0 Å². The van der Waals surface area contributed by atoms with Gasteiger partial charge in [-0.1, -0.05) is 0 Å². The number of methoxy groups -OCH3 is 3. The Morgan fingerprint density at radius 2 is 1.76 bits per heavy atom. The maximum Gasteiger partial charge on any atom is 0.128 e. The van der Waals surface area contributed by atoms with Crippen molar-refractivity contribution < 1.29 is 14.2 Å². The van der Waals surface area contributed by atoms with Gasteiger partial charge in [-0.25, -0.2) is 0 Å². The predicted octanol–water partition coefficient (Wildman–Crippen LogP) is 1.80. The third-order valence-electron chi connectivity index (χ3n) is 3.23. The van der Waals surface area contributed by atoms with Crippen molar-refractivity contribution in [1.82, 2.24) is 0 Å². The Bertz CT molecular complexity index is 413. The maximum absolute atomic E-state index is 6.24. The van der Waals surface area contributed by atoms with Crippen LogP contribution in [-0.4, -0.2) is 21.3 Å². The van der Waals surface area contributed by atoms with Crippen LogP contribution in [0.5, 0.6) is 11.5 Å². The van der Waals surface area contributed by atoms with Crippen LogP contribution in [0.2, 0.25) is 0 Å². The van der Waals surface area contributed by atoms with Crippen LogP contribution >= 0.6 is 0 Å². The summed E-state index contributed by atoms with van der Waals surface area (Å²) in [7, 11) is 4.96. The van der Waals surface area contributed by atoms with Gasteiger partial charge in [0.25, 0.3) is 0 Å². The molecule has 1 aliphatic rings. The van der Waals surface area contributed by atoms with E-state index < -0.39 is 0 Å². The molecule has 4 nitrogen and oxygen atoms in total. The van der Waals surface area contributed by atoms with E-state index in [1.807, 2.05) is 12.1 Å². The van der Waals surface area contributed by atoms with Gasteiger partial charge in [-0.05, 0) is 18.9 Å². The molecule has 0 atom stereocenters. The highest BCUT2D eigenvalue weighted by atomic mass is 16.5. The highest BCUT2D eigenvalue weighted by molar-refractivity contribution is 5.51. The van der Waals surface area contributed by atoms with E-state index in [4.69, 9.17) is 19.9 Å². The Morgan fingerprint density at radius 1 is 1.12 bits per heavy atom. The summed E-state index contributed by atoms with van der Waals surface area (Å²) in [5.41, 5.74) is 8.07. The number of hydrogen-bond donors (Lipinski definition) is 1. The quantitative estimate of drug-likeness (QED) is 0.848. The minimum atomic E-state index is -0.222. The molecule has 0 heterocycles. The third kappa shape index (κ3) is 2.23. The molecular formula is C13H19NO3. The first kappa shape index (κ1) is 12.2. The fraction of sp³-hybridized carbons (Fsp3) is 0.538. The number of rotatable bonds is 5. The highest BCUT2D eigenvalue weighted by Crippen LogP contribution is 2.48. The smallest absolute Gasteiger partial charge is 0.128 e. The molecule has 0 amide bonds. The highest BCUT2D eigenvalue weighted by Gasteiger charge is 2.42. The van der Waals surface area contributed by atoms with Crippen molar-refractivity contribution in [2.24, 2.45) is 5.73 Å². The summed E-state index contributed by atoms with van der Waals surface area (Å²) in [6.07, 6.45) is 2.00. The van der Waals surface area contributed by atoms with Gasteiger partial charge in [-0.3, -0.25) is 0 Å². The van der Waals surface area contributed by atoms with Crippen LogP contribution in [-0.2, 0) is 16.9 Å². The average molecular weight is 237 g/mol. The Morgan fingerprint density at radius 3 is 2.24 bits per heavy atom. The monoisotopic (exact) mass is 237 g/mol. The summed E-state index contributed by atoms with van der Waals surface area (Å²) in [4.78, 5) is 0. The first-order valence-corrected chi connectivity index (χ1v) is 5.68. The Hall–Kier alpha value is -1.26. The molecule has 0 bridgehead atoms. The maximum atomic E-state index is 6.24. The van der Waals surface area contributed by atoms with Gasteiger partial charge in [0.2, 0.25) is 0 Å². The zero-order valence-corrected chi connectivity index (χ0v) is 10.6. The first-order chi connectivity index (χ1) is 8.14. The summed E-state index contributed by atoms with van der Waals surface area (Å²) in [6.45, 7) is 0.510. The Labute approximate surface area is 102 Å². The van der Waals surface area contributed by atoms with Gasteiger partial charge in [0.05, 0.1) is 20.8 Å². The molecule has 0 saturated heterocycles. The lowest BCUT2D eigenvalue weighted by Crippen LogP contribution is -2.20. The van der Waals surface area contributed by atoms with Crippen LogP contribution in [0.4, 0.5) is 0 Å². The number of hydrogen-bond acceptors (Lipinski definition) is 4. The van der Waals surface area contributed by atoms with Crippen molar-refractivity contribution in [3.8, 4) is 11.5 Å². The van der Waals surface area contributed by atoms with Crippen molar-refractivity contribution in [3.63, 3.8) is 0 Å². The minimum Gasteiger partial charge on any atom is -0.496 e. The summed E-state index contributed by atoms with van der Waals surface area (Å²) < 4.78 is 15.9. The number of nitrogens with two attached hydrogens (primary N) is 1. The molecule has 2 rings (SSSR count). The second-order valence-electron chi connectivity index (χ2n) is 4.45. The number of ether oxygens (including phenoxy) is 3. The van der Waals surface area contributed by atoms with Crippen LogP contribution in [0, 0.1) is 0 Å². The van der Waals surface area contributed by atoms with Gasteiger partial charge >= 0.3 is 0 Å². The van der Waals surface area contributed by atoms with Gasteiger partial charge in [-0.15, -0.1) is 0 Å².